The average molecular weight is 456 g/mol. The topological polar surface area (TPSA) is 63.2 Å². The number of thioether (sulfide) groups is 1. The van der Waals surface area contributed by atoms with E-state index in [1.165, 1.54) is 0 Å². The highest BCUT2D eigenvalue weighted by atomic mass is 32.2. The van der Waals surface area contributed by atoms with Crippen LogP contribution in [0.1, 0.15) is 29.2 Å². The molecule has 0 bridgehead atoms. The van der Waals surface area contributed by atoms with Gasteiger partial charge in [0.1, 0.15) is 11.5 Å². The number of ether oxygens (including phenoxy) is 2. The van der Waals surface area contributed by atoms with Crippen molar-refractivity contribution in [2.75, 3.05) is 7.11 Å². The lowest BCUT2D eigenvalue weighted by Crippen LogP contribution is -2.61. The summed E-state index contributed by atoms with van der Waals surface area (Å²) in [6, 6.07) is 25.8. The standard InChI is InChI=1S/C26H21N3O3S/c1-31-19-13-11-17(12-14-19)15-24-26(27-25(30)33-24)29-22(20-9-5-6-10-23(20)32-26)16-21(28-29)18-7-3-2-4-8-18/h2-15,22H,16H2,1H3,(H,27,30)/b24-15-/t22-,26+/m1/s1. The maximum Gasteiger partial charge on any atom is 0.314 e. The summed E-state index contributed by atoms with van der Waals surface area (Å²) in [4.78, 5) is 13.5. The smallest absolute Gasteiger partial charge is 0.314 e. The first-order valence-corrected chi connectivity index (χ1v) is 11.5. The van der Waals surface area contributed by atoms with Crippen LogP contribution in [0, 0.1) is 0 Å². The molecule has 164 valence electrons. The van der Waals surface area contributed by atoms with Crippen LogP contribution in [0.25, 0.3) is 6.08 Å². The lowest BCUT2D eigenvalue weighted by molar-refractivity contribution is -0.0949. The molecule has 6 rings (SSSR count). The first kappa shape index (κ1) is 19.9. The Labute approximate surface area is 195 Å². The highest BCUT2D eigenvalue weighted by Crippen LogP contribution is 2.52. The molecule has 1 N–H and O–H groups in total. The van der Waals surface area contributed by atoms with Gasteiger partial charge in [0.2, 0.25) is 0 Å². The van der Waals surface area contributed by atoms with E-state index in [-0.39, 0.29) is 11.3 Å². The van der Waals surface area contributed by atoms with E-state index in [0.717, 1.165) is 57.0 Å². The summed E-state index contributed by atoms with van der Waals surface area (Å²) >= 11 is 1.14. The van der Waals surface area contributed by atoms with Gasteiger partial charge >= 0.3 is 5.85 Å². The lowest BCUT2D eigenvalue weighted by atomic mass is 9.95. The molecule has 0 aromatic heterocycles. The number of hydrogen-bond donors (Lipinski definition) is 1. The maximum absolute atomic E-state index is 12.7. The van der Waals surface area contributed by atoms with Gasteiger partial charge in [-0.3, -0.25) is 10.1 Å². The van der Waals surface area contributed by atoms with Crippen LogP contribution in [0.2, 0.25) is 0 Å². The van der Waals surface area contributed by atoms with Crippen LogP contribution >= 0.6 is 11.8 Å². The van der Waals surface area contributed by atoms with E-state index in [2.05, 4.69) is 23.5 Å². The van der Waals surface area contributed by atoms with E-state index in [1.807, 2.05) is 71.7 Å². The second-order valence-electron chi connectivity index (χ2n) is 8.06. The lowest BCUT2D eigenvalue weighted by Gasteiger charge is -2.45. The van der Waals surface area contributed by atoms with Crippen LogP contribution in [0.15, 0.2) is 88.9 Å². The number of amides is 1. The van der Waals surface area contributed by atoms with E-state index < -0.39 is 5.85 Å². The molecule has 3 aromatic carbocycles. The number of fused-ring (bicyclic) bond motifs is 4. The summed E-state index contributed by atoms with van der Waals surface area (Å²) in [5.41, 5.74) is 4.04. The van der Waals surface area contributed by atoms with E-state index >= 15 is 0 Å². The average Bonchev–Trinajstić information content (AvgIpc) is 3.43. The zero-order chi connectivity index (χ0) is 22.4. The van der Waals surface area contributed by atoms with Crippen molar-refractivity contribution < 1.29 is 14.3 Å². The van der Waals surface area contributed by atoms with Crippen molar-refractivity contribution in [2.24, 2.45) is 5.10 Å². The summed E-state index contributed by atoms with van der Waals surface area (Å²) < 4.78 is 11.8. The summed E-state index contributed by atoms with van der Waals surface area (Å²) in [7, 11) is 1.64. The highest BCUT2D eigenvalue weighted by molar-refractivity contribution is 8.17. The fraction of sp³-hybridized carbons (Fsp3) is 0.154. The number of hydrogen-bond acceptors (Lipinski definition) is 6. The van der Waals surface area contributed by atoms with Gasteiger partial charge in [-0.2, -0.15) is 5.10 Å². The fourth-order valence-electron chi connectivity index (χ4n) is 4.52. The maximum atomic E-state index is 12.7. The monoisotopic (exact) mass is 455 g/mol. The van der Waals surface area contributed by atoms with Crippen molar-refractivity contribution in [3.05, 3.63) is 100 Å². The van der Waals surface area contributed by atoms with Crippen molar-refractivity contribution in [3.63, 3.8) is 0 Å². The number of methoxy groups -OCH3 is 1. The number of nitrogens with one attached hydrogen (secondary N) is 1. The minimum atomic E-state index is -1.20. The summed E-state index contributed by atoms with van der Waals surface area (Å²) in [6.45, 7) is 0. The zero-order valence-corrected chi connectivity index (χ0v) is 18.7. The minimum Gasteiger partial charge on any atom is -0.497 e. The summed E-state index contributed by atoms with van der Waals surface area (Å²) in [6.07, 6.45) is 2.70. The SMILES string of the molecule is COc1ccc(/C=C2\SC(=O)N[C@@]23Oc2ccccc2[C@H]2CC(c4ccccc4)=NN23)cc1. The third-order valence-corrected chi connectivity index (χ3v) is 7.00. The number of rotatable bonds is 3. The number of hydrazone groups is 1. The van der Waals surface area contributed by atoms with Crippen LogP contribution in [-0.4, -0.2) is 28.9 Å². The van der Waals surface area contributed by atoms with Gasteiger partial charge in [0, 0.05) is 12.0 Å². The van der Waals surface area contributed by atoms with Gasteiger partial charge in [0.15, 0.2) is 0 Å². The second kappa shape index (κ2) is 7.71. The molecule has 0 unspecified atom stereocenters. The van der Waals surface area contributed by atoms with Crippen molar-refractivity contribution >= 4 is 28.8 Å². The normalized spacial score (nSPS) is 24.2. The fourth-order valence-corrected chi connectivity index (χ4v) is 5.43. The van der Waals surface area contributed by atoms with E-state index in [0.29, 0.717) is 0 Å². The molecule has 0 saturated carbocycles. The van der Waals surface area contributed by atoms with E-state index in [1.54, 1.807) is 7.11 Å². The quantitative estimate of drug-likeness (QED) is 0.574. The number of carbonyl (C=O) groups is 1. The van der Waals surface area contributed by atoms with Crippen LogP contribution in [0.4, 0.5) is 4.79 Å². The molecule has 1 amide bonds. The first-order valence-electron chi connectivity index (χ1n) is 10.7. The van der Waals surface area contributed by atoms with Crippen LogP contribution in [-0.2, 0) is 0 Å². The molecule has 1 fully saturated rings. The molecule has 3 aliphatic heterocycles. The molecule has 7 heteroatoms. The number of carbonyl (C=O) groups excluding carboxylic acids is 1. The molecule has 2 atom stereocenters. The molecule has 3 aromatic rings. The van der Waals surface area contributed by atoms with Gasteiger partial charge in [-0.1, -0.05) is 60.7 Å². The highest BCUT2D eigenvalue weighted by Gasteiger charge is 2.58. The van der Waals surface area contributed by atoms with Gasteiger partial charge in [-0.15, -0.1) is 0 Å². The predicted molar refractivity (Wildman–Crippen MR) is 129 cm³/mol. The summed E-state index contributed by atoms with van der Waals surface area (Å²) in [5.74, 6) is 0.336. The Hall–Kier alpha value is -3.71. The predicted octanol–water partition coefficient (Wildman–Crippen LogP) is 5.39. The molecule has 1 spiro atoms. The van der Waals surface area contributed by atoms with Crippen molar-refractivity contribution in [2.45, 2.75) is 18.3 Å². The Morgan fingerprint density at radius 2 is 1.85 bits per heavy atom. The molecular weight excluding hydrogens is 434 g/mol. The Morgan fingerprint density at radius 3 is 2.64 bits per heavy atom. The molecule has 33 heavy (non-hydrogen) atoms. The Balaban J connectivity index is 1.49. The Kier molecular flexibility index (Phi) is 4.66. The van der Waals surface area contributed by atoms with E-state index in [9.17, 15) is 4.79 Å². The van der Waals surface area contributed by atoms with Crippen LogP contribution < -0.4 is 14.8 Å². The molecule has 3 heterocycles. The van der Waals surface area contributed by atoms with E-state index in [4.69, 9.17) is 14.6 Å². The molecule has 1 saturated heterocycles. The van der Waals surface area contributed by atoms with Gasteiger partial charge in [0.25, 0.3) is 5.24 Å². The molecule has 3 aliphatic rings. The second-order valence-corrected chi connectivity index (χ2v) is 9.07. The van der Waals surface area contributed by atoms with Crippen LogP contribution in [0.3, 0.4) is 0 Å². The zero-order valence-electron chi connectivity index (χ0n) is 17.9. The third kappa shape index (κ3) is 3.27. The van der Waals surface area contributed by atoms with Gasteiger partial charge in [-0.05, 0) is 47.2 Å². The minimum absolute atomic E-state index is 0.0524. The molecule has 6 nitrogen and oxygen atoms in total. The van der Waals surface area contributed by atoms with Gasteiger partial charge < -0.3 is 9.47 Å². The van der Waals surface area contributed by atoms with Crippen molar-refractivity contribution in [1.29, 1.82) is 0 Å². The Morgan fingerprint density at radius 1 is 1.09 bits per heavy atom. The molecule has 0 aliphatic carbocycles. The number of nitrogens with zero attached hydrogens (tertiary/aromatic N) is 2. The van der Waals surface area contributed by atoms with Gasteiger partial charge in [-0.25, -0.2) is 5.01 Å². The van der Waals surface area contributed by atoms with Gasteiger partial charge in [0.05, 0.1) is 23.8 Å². The number of para-hydroxylation sites is 1. The van der Waals surface area contributed by atoms with Crippen LogP contribution in [0.5, 0.6) is 11.5 Å². The van der Waals surface area contributed by atoms with Crippen molar-refractivity contribution in [3.8, 4) is 11.5 Å². The first-order chi connectivity index (χ1) is 16.2. The third-order valence-electron chi connectivity index (χ3n) is 6.10. The largest absolute Gasteiger partial charge is 0.497 e. The summed E-state index contributed by atoms with van der Waals surface area (Å²) in [5, 5.41) is 9.83. The Bertz CT molecular complexity index is 1290. The number of benzene rings is 3. The van der Waals surface area contributed by atoms with Crippen molar-refractivity contribution in [1.82, 2.24) is 10.3 Å². The molecule has 0 radical (unpaired) electrons. The molecular formula is C26H21N3O3S.